The number of amides is 4. The van der Waals surface area contributed by atoms with Crippen LogP contribution in [0, 0.1) is 0 Å². The van der Waals surface area contributed by atoms with Gasteiger partial charge >= 0.3 is 0 Å². The molecule has 37 heavy (non-hydrogen) atoms. The third kappa shape index (κ3) is 8.28. The van der Waals surface area contributed by atoms with Crippen molar-refractivity contribution in [1.82, 2.24) is 20.9 Å². The van der Waals surface area contributed by atoms with Crippen molar-refractivity contribution in [3.8, 4) is 0 Å². The number of aliphatic hydroxyl groups excluding tert-OH is 1. The van der Waals surface area contributed by atoms with Crippen LogP contribution in [0.25, 0.3) is 0 Å². The molecule has 0 saturated carbocycles. The molecule has 0 bridgehead atoms. The van der Waals surface area contributed by atoms with Crippen LogP contribution in [-0.2, 0) is 25.6 Å². The summed E-state index contributed by atoms with van der Waals surface area (Å²) in [6, 6.07) is 6.26. The van der Waals surface area contributed by atoms with E-state index >= 15 is 0 Å². The Morgan fingerprint density at radius 1 is 0.919 bits per heavy atom. The summed E-state index contributed by atoms with van der Waals surface area (Å²) in [7, 11) is 0. The van der Waals surface area contributed by atoms with Crippen LogP contribution in [0.15, 0.2) is 30.3 Å². The van der Waals surface area contributed by atoms with E-state index in [1.54, 1.807) is 11.8 Å². The largest absolute Gasteiger partial charge is 0.393 e. The van der Waals surface area contributed by atoms with Gasteiger partial charge in [-0.3, -0.25) is 19.2 Å². The maximum Gasteiger partial charge on any atom is 0.246 e. The fourth-order valence-electron chi connectivity index (χ4n) is 5.04. The fourth-order valence-corrected chi connectivity index (χ4v) is 5.04. The molecule has 2 aliphatic rings. The zero-order valence-corrected chi connectivity index (χ0v) is 22.1. The van der Waals surface area contributed by atoms with Crippen molar-refractivity contribution in [2.75, 3.05) is 6.54 Å². The highest BCUT2D eigenvalue weighted by molar-refractivity contribution is 5.97. The van der Waals surface area contributed by atoms with Crippen molar-refractivity contribution in [2.24, 2.45) is 0 Å². The molecule has 9 heteroatoms. The first kappa shape index (κ1) is 28.6. The number of benzene rings is 1. The van der Waals surface area contributed by atoms with Gasteiger partial charge in [0.25, 0.3) is 0 Å². The number of nitrogens with one attached hydrogen (secondary N) is 3. The van der Waals surface area contributed by atoms with E-state index in [1.165, 1.54) is 0 Å². The van der Waals surface area contributed by atoms with E-state index in [0.717, 1.165) is 31.2 Å². The Balaban J connectivity index is 1.77. The van der Waals surface area contributed by atoms with E-state index in [4.69, 9.17) is 0 Å². The minimum absolute atomic E-state index is 0.276. The Morgan fingerprint density at radius 2 is 1.65 bits per heavy atom. The number of piperidine rings is 1. The van der Waals surface area contributed by atoms with E-state index in [9.17, 15) is 24.3 Å². The molecule has 2 aliphatic heterocycles. The van der Waals surface area contributed by atoms with Crippen LogP contribution in [0.4, 0.5) is 0 Å². The molecule has 3 rings (SSSR count). The van der Waals surface area contributed by atoms with Crippen LogP contribution in [-0.4, -0.2) is 70.5 Å². The number of fused-ring (bicyclic) bond motifs is 1. The molecular formula is C28H42N4O5. The number of hydrogen-bond acceptors (Lipinski definition) is 5. The lowest BCUT2D eigenvalue weighted by molar-refractivity contribution is -0.146. The Hall–Kier alpha value is -2.94. The molecule has 4 N–H and O–H groups in total. The predicted octanol–water partition coefficient (Wildman–Crippen LogP) is 1.82. The van der Waals surface area contributed by atoms with E-state index in [0.29, 0.717) is 45.1 Å². The van der Waals surface area contributed by atoms with Gasteiger partial charge in [-0.2, -0.15) is 0 Å². The maximum atomic E-state index is 13.7. The summed E-state index contributed by atoms with van der Waals surface area (Å²) in [5.41, 5.74) is 0.898. The molecule has 2 fully saturated rings. The fraction of sp³-hybridized carbons (Fsp3) is 0.643. The molecule has 1 aromatic carbocycles. The first-order valence-corrected chi connectivity index (χ1v) is 13.7. The van der Waals surface area contributed by atoms with Crippen molar-refractivity contribution in [2.45, 2.75) is 108 Å². The van der Waals surface area contributed by atoms with Crippen LogP contribution in [0.2, 0.25) is 0 Å². The Kier molecular flexibility index (Phi) is 10.9. The van der Waals surface area contributed by atoms with Crippen LogP contribution in [0.5, 0.6) is 0 Å². The molecule has 2 saturated heterocycles. The second-order valence-corrected chi connectivity index (χ2v) is 10.3. The zero-order valence-electron chi connectivity index (χ0n) is 22.1. The van der Waals surface area contributed by atoms with Gasteiger partial charge in [0.15, 0.2) is 0 Å². The van der Waals surface area contributed by atoms with Gasteiger partial charge in [-0.05, 0) is 51.0 Å². The molecule has 2 heterocycles. The van der Waals surface area contributed by atoms with E-state index in [1.807, 2.05) is 37.3 Å². The van der Waals surface area contributed by atoms with Crippen LogP contribution < -0.4 is 16.0 Å². The molecule has 5 atom stereocenters. The number of unbranched alkanes of at least 4 members (excludes halogenated alkanes) is 2. The van der Waals surface area contributed by atoms with Crippen LogP contribution >= 0.6 is 0 Å². The number of aliphatic hydroxyl groups is 1. The molecule has 0 aliphatic carbocycles. The van der Waals surface area contributed by atoms with Gasteiger partial charge in [-0.25, -0.2) is 0 Å². The maximum absolute atomic E-state index is 13.7. The average molecular weight is 515 g/mol. The van der Waals surface area contributed by atoms with Gasteiger partial charge in [-0.1, -0.05) is 56.5 Å². The third-order valence-corrected chi connectivity index (χ3v) is 7.37. The van der Waals surface area contributed by atoms with Gasteiger partial charge in [0.2, 0.25) is 23.6 Å². The lowest BCUT2D eigenvalue weighted by Gasteiger charge is -2.38. The molecule has 1 unspecified atom stereocenters. The molecule has 4 amide bonds. The number of nitrogens with zero attached hydrogens (tertiary/aromatic N) is 1. The van der Waals surface area contributed by atoms with Gasteiger partial charge < -0.3 is 26.0 Å². The highest BCUT2D eigenvalue weighted by atomic mass is 16.3. The standard InChI is InChI=1S/C28H42N4O5/c1-3-21(33)14-8-5-9-15-22-26(35)29-19(2)25(34)31-23(18-20-12-6-4-7-13-20)28(37)32-17-11-10-16-24(32)27(36)30-22/h4,6-7,12-13,19,21-24,33H,3,5,8-11,14-18H2,1-2H3,(H,29,35)(H,30,36)(H,31,34)/t19-,21?,22+,23+,24-/m1/s1. The second kappa shape index (κ2) is 14.1. The van der Waals surface area contributed by atoms with Crippen molar-refractivity contribution < 1.29 is 24.3 Å². The van der Waals surface area contributed by atoms with Crippen molar-refractivity contribution in [3.63, 3.8) is 0 Å². The van der Waals surface area contributed by atoms with Crippen LogP contribution in [0.1, 0.15) is 77.2 Å². The van der Waals surface area contributed by atoms with E-state index < -0.39 is 36.0 Å². The number of rotatable bonds is 9. The lowest BCUT2D eigenvalue weighted by Crippen LogP contribution is -2.63. The molecule has 1 aromatic rings. The van der Waals surface area contributed by atoms with Gasteiger partial charge in [0.05, 0.1) is 6.10 Å². The van der Waals surface area contributed by atoms with Crippen molar-refractivity contribution in [3.05, 3.63) is 35.9 Å². The summed E-state index contributed by atoms with van der Waals surface area (Å²) >= 11 is 0. The first-order chi connectivity index (χ1) is 17.8. The van der Waals surface area contributed by atoms with Gasteiger partial charge in [-0.15, -0.1) is 0 Å². The van der Waals surface area contributed by atoms with Crippen LogP contribution in [0.3, 0.4) is 0 Å². The molecular weight excluding hydrogens is 472 g/mol. The SMILES string of the molecule is CCC(O)CCCCC[C@@H]1NC(=O)[C@H]2CCCCN2C(=O)[C@H](Cc2ccccc2)NC(=O)[C@@H](C)NC1=O. The third-order valence-electron chi connectivity index (χ3n) is 7.37. The Bertz CT molecular complexity index is 924. The van der Waals surface area contributed by atoms with E-state index in [-0.39, 0.29) is 17.9 Å². The molecule has 0 radical (unpaired) electrons. The molecule has 204 valence electrons. The lowest BCUT2D eigenvalue weighted by atomic mass is 9.97. The summed E-state index contributed by atoms with van der Waals surface area (Å²) in [6.07, 6.45) is 6.29. The van der Waals surface area contributed by atoms with Crippen molar-refractivity contribution in [1.29, 1.82) is 0 Å². The van der Waals surface area contributed by atoms with E-state index in [2.05, 4.69) is 16.0 Å². The molecule has 9 nitrogen and oxygen atoms in total. The monoisotopic (exact) mass is 514 g/mol. The summed E-state index contributed by atoms with van der Waals surface area (Å²) in [5.74, 6) is -1.44. The minimum Gasteiger partial charge on any atom is -0.393 e. The summed E-state index contributed by atoms with van der Waals surface area (Å²) in [6.45, 7) is 3.96. The van der Waals surface area contributed by atoms with Gasteiger partial charge in [0.1, 0.15) is 24.2 Å². The topological polar surface area (TPSA) is 128 Å². The number of carbonyl (C=O) groups excluding carboxylic acids is 4. The summed E-state index contributed by atoms with van der Waals surface area (Å²) in [5, 5.41) is 18.2. The minimum atomic E-state index is -0.866. The highest BCUT2D eigenvalue weighted by Crippen LogP contribution is 2.21. The number of carbonyl (C=O) groups is 4. The Labute approximate surface area is 219 Å². The Morgan fingerprint density at radius 3 is 2.38 bits per heavy atom. The number of hydrogen-bond donors (Lipinski definition) is 4. The molecule has 0 spiro atoms. The zero-order chi connectivity index (χ0) is 26.8. The normalized spacial score (nSPS) is 26.2. The average Bonchev–Trinajstić information content (AvgIpc) is 2.91. The second-order valence-electron chi connectivity index (χ2n) is 10.3. The van der Waals surface area contributed by atoms with Crippen molar-refractivity contribution >= 4 is 23.6 Å². The smallest absolute Gasteiger partial charge is 0.246 e. The predicted molar refractivity (Wildman–Crippen MR) is 140 cm³/mol. The summed E-state index contributed by atoms with van der Waals surface area (Å²) < 4.78 is 0. The molecule has 0 aromatic heterocycles. The first-order valence-electron chi connectivity index (χ1n) is 13.7. The quantitative estimate of drug-likeness (QED) is 0.374. The summed E-state index contributed by atoms with van der Waals surface area (Å²) in [4.78, 5) is 54.8. The van der Waals surface area contributed by atoms with Gasteiger partial charge in [0, 0.05) is 13.0 Å². The highest BCUT2D eigenvalue weighted by Gasteiger charge is 2.38.